The van der Waals surface area contributed by atoms with Crippen LogP contribution in [0.1, 0.15) is 30.2 Å². The Kier molecular flexibility index (Phi) is 4.68. The second kappa shape index (κ2) is 6.54. The number of carbonyl (C=O) groups is 1. The summed E-state index contributed by atoms with van der Waals surface area (Å²) in [6.07, 6.45) is 3.85. The first-order valence-corrected chi connectivity index (χ1v) is 9.47. The Morgan fingerprint density at radius 3 is 2.82 bits per heavy atom. The van der Waals surface area contributed by atoms with Gasteiger partial charge in [0.05, 0.1) is 5.75 Å². The van der Waals surface area contributed by atoms with Crippen LogP contribution >= 0.6 is 23.1 Å². The van der Waals surface area contributed by atoms with Crippen molar-refractivity contribution < 1.29 is 4.79 Å². The van der Waals surface area contributed by atoms with E-state index in [9.17, 15) is 4.79 Å². The molecule has 0 radical (unpaired) electrons. The molecule has 2 aromatic rings. The molecule has 0 atom stereocenters. The smallest absolute Gasteiger partial charge is 0.232 e. The minimum atomic E-state index is 0.230. The molecule has 0 spiro atoms. The molecule has 0 saturated carbocycles. The van der Waals surface area contributed by atoms with Crippen molar-refractivity contribution in [2.45, 2.75) is 38.6 Å². The van der Waals surface area contributed by atoms with Crippen molar-refractivity contribution in [1.82, 2.24) is 14.9 Å². The minimum absolute atomic E-state index is 0.230. The number of thioether (sulfide) groups is 1. The standard InChI is InChI=1S/C16H21N3OS2/c1-10-4-6-19(7-5-10)13(20)8-21-15-14-11(2)12(3)22-16(14)18-9-17-15/h9-10H,4-8H2,1-3H3. The fourth-order valence-electron chi connectivity index (χ4n) is 2.74. The van der Waals surface area contributed by atoms with E-state index in [2.05, 4.69) is 30.7 Å². The van der Waals surface area contributed by atoms with Crippen molar-refractivity contribution in [3.8, 4) is 0 Å². The molecular weight excluding hydrogens is 314 g/mol. The molecule has 3 heterocycles. The molecule has 3 rings (SSSR count). The highest BCUT2D eigenvalue weighted by atomic mass is 32.2. The average molecular weight is 335 g/mol. The molecule has 0 aliphatic carbocycles. The first kappa shape index (κ1) is 15.7. The van der Waals surface area contributed by atoms with Crippen molar-refractivity contribution in [1.29, 1.82) is 0 Å². The summed E-state index contributed by atoms with van der Waals surface area (Å²) in [5.41, 5.74) is 1.24. The molecular formula is C16H21N3OS2. The number of piperidine rings is 1. The van der Waals surface area contributed by atoms with Gasteiger partial charge in [0.2, 0.25) is 5.91 Å². The fourth-order valence-corrected chi connectivity index (χ4v) is 4.76. The van der Waals surface area contributed by atoms with Crippen LogP contribution in [0, 0.1) is 19.8 Å². The predicted octanol–water partition coefficient (Wildman–Crippen LogP) is 3.66. The van der Waals surface area contributed by atoms with Crippen molar-refractivity contribution in [2.24, 2.45) is 5.92 Å². The maximum Gasteiger partial charge on any atom is 0.232 e. The molecule has 0 unspecified atom stereocenters. The third kappa shape index (κ3) is 3.13. The van der Waals surface area contributed by atoms with Gasteiger partial charge in [0, 0.05) is 23.4 Å². The lowest BCUT2D eigenvalue weighted by molar-refractivity contribution is -0.129. The number of hydrogen-bond donors (Lipinski definition) is 0. The number of aryl methyl sites for hydroxylation is 2. The van der Waals surface area contributed by atoms with Gasteiger partial charge in [-0.15, -0.1) is 11.3 Å². The van der Waals surface area contributed by atoms with E-state index in [1.807, 2.05) is 4.90 Å². The summed E-state index contributed by atoms with van der Waals surface area (Å²) in [6.45, 7) is 8.27. The number of rotatable bonds is 3. The predicted molar refractivity (Wildman–Crippen MR) is 92.6 cm³/mol. The molecule has 2 aromatic heterocycles. The van der Waals surface area contributed by atoms with E-state index >= 15 is 0 Å². The molecule has 22 heavy (non-hydrogen) atoms. The second-order valence-electron chi connectivity index (χ2n) is 5.99. The van der Waals surface area contributed by atoms with E-state index in [0.717, 1.165) is 47.1 Å². The number of aromatic nitrogens is 2. The number of amides is 1. The summed E-state index contributed by atoms with van der Waals surface area (Å²) < 4.78 is 0. The van der Waals surface area contributed by atoms with E-state index in [1.165, 1.54) is 10.4 Å². The second-order valence-corrected chi connectivity index (χ2v) is 8.16. The normalized spacial score (nSPS) is 16.4. The molecule has 118 valence electrons. The van der Waals surface area contributed by atoms with E-state index < -0.39 is 0 Å². The Morgan fingerprint density at radius 2 is 2.09 bits per heavy atom. The van der Waals surface area contributed by atoms with Gasteiger partial charge in [-0.25, -0.2) is 9.97 Å². The molecule has 1 saturated heterocycles. The van der Waals surface area contributed by atoms with Crippen LogP contribution in [0.4, 0.5) is 0 Å². The summed E-state index contributed by atoms with van der Waals surface area (Å²) in [6, 6.07) is 0. The minimum Gasteiger partial charge on any atom is -0.342 e. The Morgan fingerprint density at radius 1 is 1.36 bits per heavy atom. The molecule has 1 aliphatic heterocycles. The number of thiophene rings is 1. The zero-order valence-corrected chi connectivity index (χ0v) is 14.9. The fraction of sp³-hybridized carbons (Fsp3) is 0.562. The van der Waals surface area contributed by atoms with Gasteiger partial charge in [-0.05, 0) is 38.2 Å². The lowest BCUT2D eigenvalue weighted by atomic mass is 9.99. The number of nitrogens with zero attached hydrogens (tertiary/aromatic N) is 3. The van der Waals surface area contributed by atoms with Crippen molar-refractivity contribution in [2.75, 3.05) is 18.8 Å². The van der Waals surface area contributed by atoms with Crippen molar-refractivity contribution in [3.05, 3.63) is 16.8 Å². The molecule has 1 aliphatic rings. The van der Waals surface area contributed by atoms with Crippen LogP contribution in [0.3, 0.4) is 0 Å². The van der Waals surface area contributed by atoms with Crippen molar-refractivity contribution in [3.63, 3.8) is 0 Å². The van der Waals surface area contributed by atoms with Crippen molar-refractivity contribution >= 4 is 39.2 Å². The number of carbonyl (C=O) groups excluding carboxylic acids is 1. The van der Waals surface area contributed by atoms with Gasteiger partial charge in [0.25, 0.3) is 0 Å². The van der Waals surface area contributed by atoms with Gasteiger partial charge in [-0.3, -0.25) is 4.79 Å². The maximum atomic E-state index is 12.4. The quantitative estimate of drug-likeness (QED) is 0.634. The molecule has 0 aromatic carbocycles. The molecule has 1 amide bonds. The van der Waals surface area contributed by atoms with Gasteiger partial charge < -0.3 is 4.90 Å². The van der Waals surface area contributed by atoms with Crippen LogP contribution in [-0.2, 0) is 4.79 Å². The van der Waals surface area contributed by atoms with E-state index in [4.69, 9.17) is 0 Å². The van der Waals surface area contributed by atoms with Crippen LogP contribution in [0.25, 0.3) is 10.2 Å². The third-order valence-electron chi connectivity index (χ3n) is 4.40. The summed E-state index contributed by atoms with van der Waals surface area (Å²) >= 11 is 3.24. The summed E-state index contributed by atoms with van der Waals surface area (Å²) in [5.74, 6) is 1.44. The number of fused-ring (bicyclic) bond motifs is 1. The highest BCUT2D eigenvalue weighted by Crippen LogP contribution is 2.34. The van der Waals surface area contributed by atoms with Gasteiger partial charge in [-0.1, -0.05) is 18.7 Å². The van der Waals surface area contributed by atoms with E-state index in [0.29, 0.717) is 5.75 Å². The third-order valence-corrected chi connectivity index (χ3v) is 6.49. The highest BCUT2D eigenvalue weighted by Gasteiger charge is 2.21. The Balaban J connectivity index is 1.70. The van der Waals surface area contributed by atoms with Crippen LogP contribution < -0.4 is 0 Å². The Labute approximate surface area is 139 Å². The summed E-state index contributed by atoms with van der Waals surface area (Å²) in [7, 11) is 0. The monoisotopic (exact) mass is 335 g/mol. The molecule has 0 bridgehead atoms. The van der Waals surface area contributed by atoms with Gasteiger partial charge in [0.1, 0.15) is 16.2 Å². The summed E-state index contributed by atoms with van der Waals surface area (Å²) in [4.78, 5) is 25.4. The lowest BCUT2D eigenvalue weighted by Gasteiger charge is -2.30. The maximum absolute atomic E-state index is 12.4. The van der Waals surface area contributed by atoms with Crippen LogP contribution in [0.15, 0.2) is 11.4 Å². The zero-order chi connectivity index (χ0) is 15.7. The topological polar surface area (TPSA) is 46.1 Å². The van der Waals surface area contributed by atoms with Crippen LogP contribution in [0.5, 0.6) is 0 Å². The van der Waals surface area contributed by atoms with Gasteiger partial charge >= 0.3 is 0 Å². The number of likely N-dealkylation sites (tertiary alicyclic amines) is 1. The van der Waals surface area contributed by atoms with Gasteiger partial charge in [-0.2, -0.15) is 0 Å². The highest BCUT2D eigenvalue weighted by molar-refractivity contribution is 8.00. The lowest BCUT2D eigenvalue weighted by Crippen LogP contribution is -2.38. The molecule has 0 N–H and O–H groups in total. The molecule has 6 heteroatoms. The first-order chi connectivity index (χ1) is 10.6. The van der Waals surface area contributed by atoms with Crippen LogP contribution in [-0.4, -0.2) is 39.6 Å². The average Bonchev–Trinajstić information content (AvgIpc) is 2.81. The van der Waals surface area contributed by atoms with E-state index in [-0.39, 0.29) is 5.91 Å². The Bertz CT molecular complexity index is 690. The van der Waals surface area contributed by atoms with E-state index in [1.54, 1.807) is 29.4 Å². The summed E-state index contributed by atoms with van der Waals surface area (Å²) in [5, 5.41) is 2.06. The van der Waals surface area contributed by atoms with Gasteiger partial charge in [0.15, 0.2) is 0 Å². The number of hydrogen-bond acceptors (Lipinski definition) is 5. The Hall–Kier alpha value is -1.14. The molecule has 4 nitrogen and oxygen atoms in total. The zero-order valence-electron chi connectivity index (χ0n) is 13.3. The SMILES string of the molecule is Cc1sc2ncnc(SCC(=O)N3CCC(C)CC3)c2c1C. The van der Waals surface area contributed by atoms with Crippen LogP contribution in [0.2, 0.25) is 0 Å². The molecule has 1 fully saturated rings. The largest absolute Gasteiger partial charge is 0.342 e. The first-order valence-electron chi connectivity index (χ1n) is 7.67.